The van der Waals surface area contributed by atoms with Crippen molar-refractivity contribution in [3.63, 3.8) is 0 Å². The van der Waals surface area contributed by atoms with Crippen LogP contribution >= 0.6 is 11.6 Å². The van der Waals surface area contributed by atoms with Gasteiger partial charge < -0.3 is 4.74 Å². The molecule has 3 rings (SSSR count). The fourth-order valence-electron chi connectivity index (χ4n) is 3.68. The smallest absolute Gasteiger partial charge is 0.308 e. The molecular formula is C18H23ClO2. The Labute approximate surface area is 131 Å². The maximum absolute atomic E-state index is 11.5. The van der Waals surface area contributed by atoms with Crippen molar-refractivity contribution in [2.75, 3.05) is 7.11 Å². The number of aryl methyl sites for hydroxylation is 2. The zero-order valence-electron chi connectivity index (χ0n) is 12.8. The molecule has 2 aliphatic rings. The average molecular weight is 307 g/mol. The molecule has 0 spiro atoms. The van der Waals surface area contributed by atoms with Crippen molar-refractivity contribution in [3.8, 4) is 0 Å². The zero-order valence-corrected chi connectivity index (χ0v) is 13.6. The predicted octanol–water partition coefficient (Wildman–Crippen LogP) is 4.52. The Kier molecular flexibility index (Phi) is 4.26. The van der Waals surface area contributed by atoms with Crippen LogP contribution in [0.15, 0.2) is 12.1 Å². The van der Waals surface area contributed by atoms with E-state index < -0.39 is 0 Å². The quantitative estimate of drug-likeness (QED) is 0.764. The molecule has 114 valence electrons. The van der Waals surface area contributed by atoms with Gasteiger partial charge in [0, 0.05) is 5.02 Å². The van der Waals surface area contributed by atoms with Gasteiger partial charge in [0.15, 0.2) is 0 Å². The summed E-state index contributed by atoms with van der Waals surface area (Å²) in [5.74, 6) is 0.946. The lowest BCUT2D eigenvalue weighted by Crippen LogP contribution is -2.08. The van der Waals surface area contributed by atoms with E-state index in [0.29, 0.717) is 11.8 Å². The van der Waals surface area contributed by atoms with Crippen molar-refractivity contribution in [1.29, 1.82) is 0 Å². The van der Waals surface area contributed by atoms with Crippen LogP contribution in [-0.2, 0) is 22.4 Å². The van der Waals surface area contributed by atoms with Crippen molar-refractivity contribution in [2.24, 2.45) is 11.8 Å². The minimum absolute atomic E-state index is 0.0521. The molecule has 3 unspecified atom stereocenters. The monoisotopic (exact) mass is 306 g/mol. The molecular weight excluding hydrogens is 284 g/mol. The number of rotatable bonds is 4. The number of esters is 1. The Hall–Kier alpha value is -1.02. The molecule has 0 radical (unpaired) electrons. The van der Waals surface area contributed by atoms with Crippen molar-refractivity contribution < 1.29 is 9.53 Å². The van der Waals surface area contributed by atoms with Crippen LogP contribution in [0.2, 0.25) is 5.02 Å². The third kappa shape index (κ3) is 3.11. The highest BCUT2D eigenvalue weighted by Gasteiger charge is 2.44. The Morgan fingerprint density at radius 2 is 2.00 bits per heavy atom. The van der Waals surface area contributed by atoms with Crippen LogP contribution in [0.5, 0.6) is 0 Å². The van der Waals surface area contributed by atoms with Crippen LogP contribution in [-0.4, -0.2) is 13.1 Å². The molecule has 1 fully saturated rings. The van der Waals surface area contributed by atoms with Gasteiger partial charge in [-0.1, -0.05) is 24.6 Å². The summed E-state index contributed by atoms with van der Waals surface area (Å²) < 4.78 is 4.82. The molecule has 0 aliphatic heterocycles. The van der Waals surface area contributed by atoms with E-state index in [0.717, 1.165) is 24.3 Å². The molecule has 0 saturated heterocycles. The van der Waals surface area contributed by atoms with Gasteiger partial charge in [-0.25, -0.2) is 0 Å². The SMILES string of the molecule is COC(=O)C1CC1CC(C)c1cc2c(cc1Cl)CCCC2. The van der Waals surface area contributed by atoms with Crippen LogP contribution in [0.3, 0.4) is 0 Å². The number of carbonyl (C=O) groups is 1. The molecule has 2 nitrogen and oxygen atoms in total. The van der Waals surface area contributed by atoms with Crippen LogP contribution in [0.25, 0.3) is 0 Å². The van der Waals surface area contributed by atoms with Crippen molar-refractivity contribution in [1.82, 2.24) is 0 Å². The van der Waals surface area contributed by atoms with E-state index >= 15 is 0 Å². The standard InChI is InChI=1S/C18H23ClO2/c1-11(7-14-9-16(14)18(20)21-2)15-8-12-5-3-4-6-13(12)10-17(15)19/h8,10-11,14,16H,3-7,9H2,1-2H3. The number of methoxy groups -OCH3 is 1. The van der Waals surface area contributed by atoms with Crippen LogP contribution in [0.4, 0.5) is 0 Å². The van der Waals surface area contributed by atoms with Gasteiger partial charge in [-0.15, -0.1) is 0 Å². The summed E-state index contributed by atoms with van der Waals surface area (Å²) in [6, 6.07) is 4.49. The van der Waals surface area contributed by atoms with E-state index in [1.165, 1.54) is 43.1 Å². The third-order valence-corrected chi connectivity index (χ3v) is 5.40. The first-order valence-corrected chi connectivity index (χ1v) is 8.37. The Morgan fingerprint density at radius 1 is 1.33 bits per heavy atom. The number of benzene rings is 1. The molecule has 1 aromatic rings. The number of hydrogen-bond acceptors (Lipinski definition) is 2. The minimum atomic E-state index is -0.0521. The van der Waals surface area contributed by atoms with Gasteiger partial charge in [0.1, 0.15) is 0 Å². The summed E-state index contributed by atoms with van der Waals surface area (Å²) >= 11 is 6.49. The van der Waals surface area contributed by atoms with Crippen LogP contribution < -0.4 is 0 Å². The topological polar surface area (TPSA) is 26.3 Å². The molecule has 1 aromatic carbocycles. The van der Waals surface area contributed by atoms with E-state index in [1.54, 1.807) is 0 Å². The molecule has 1 saturated carbocycles. The molecule has 0 bridgehead atoms. The zero-order chi connectivity index (χ0) is 15.0. The van der Waals surface area contributed by atoms with Crippen LogP contribution in [0.1, 0.15) is 55.2 Å². The Balaban J connectivity index is 1.70. The highest BCUT2D eigenvalue weighted by atomic mass is 35.5. The summed E-state index contributed by atoms with van der Waals surface area (Å²) in [7, 11) is 1.47. The van der Waals surface area contributed by atoms with Gasteiger partial charge in [-0.2, -0.15) is 0 Å². The minimum Gasteiger partial charge on any atom is -0.469 e. The lowest BCUT2D eigenvalue weighted by Gasteiger charge is -2.21. The van der Waals surface area contributed by atoms with Gasteiger partial charge in [0.25, 0.3) is 0 Å². The molecule has 0 N–H and O–H groups in total. The molecule has 0 amide bonds. The van der Waals surface area contributed by atoms with E-state index in [1.807, 2.05) is 0 Å². The largest absolute Gasteiger partial charge is 0.469 e. The molecule has 0 heterocycles. The summed E-state index contributed by atoms with van der Waals surface area (Å²) in [5.41, 5.74) is 4.17. The second kappa shape index (κ2) is 6.00. The second-order valence-corrected chi connectivity index (χ2v) is 7.02. The fourth-order valence-corrected chi connectivity index (χ4v) is 4.05. The first-order valence-electron chi connectivity index (χ1n) is 7.99. The van der Waals surface area contributed by atoms with Gasteiger partial charge >= 0.3 is 5.97 Å². The van der Waals surface area contributed by atoms with Crippen LogP contribution in [0, 0.1) is 11.8 Å². The Bertz CT molecular complexity index is 552. The lowest BCUT2D eigenvalue weighted by molar-refractivity contribution is -0.142. The molecule has 2 aliphatic carbocycles. The predicted molar refractivity (Wildman–Crippen MR) is 84.7 cm³/mol. The first kappa shape index (κ1) is 14.9. The maximum Gasteiger partial charge on any atom is 0.308 e. The summed E-state index contributed by atoms with van der Waals surface area (Å²) in [6.45, 7) is 2.23. The number of fused-ring (bicyclic) bond motifs is 1. The number of halogens is 1. The van der Waals surface area contributed by atoms with Crippen molar-refractivity contribution in [2.45, 2.75) is 51.4 Å². The van der Waals surface area contributed by atoms with E-state index in [9.17, 15) is 4.79 Å². The highest BCUT2D eigenvalue weighted by molar-refractivity contribution is 6.31. The first-order chi connectivity index (χ1) is 10.1. The molecule has 0 aromatic heterocycles. The molecule has 3 atom stereocenters. The van der Waals surface area contributed by atoms with Crippen molar-refractivity contribution >= 4 is 17.6 Å². The summed E-state index contributed by atoms with van der Waals surface area (Å²) in [5, 5.41) is 0.901. The third-order valence-electron chi connectivity index (χ3n) is 5.07. The van der Waals surface area contributed by atoms with Gasteiger partial charge in [0.2, 0.25) is 0 Å². The molecule has 3 heteroatoms. The maximum atomic E-state index is 11.5. The van der Waals surface area contributed by atoms with E-state index in [2.05, 4.69) is 19.1 Å². The number of carbonyl (C=O) groups excluding carboxylic acids is 1. The summed E-state index contributed by atoms with van der Waals surface area (Å²) in [6.07, 6.45) is 6.91. The second-order valence-electron chi connectivity index (χ2n) is 6.61. The van der Waals surface area contributed by atoms with E-state index in [-0.39, 0.29) is 11.9 Å². The highest BCUT2D eigenvalue weighted by Crippen LogP contribution is 2.46. The van der Waals surface area contributed by atoms with Gasteiger partial charge in [0.05, 0.1) is 13.0 Å². The normalized spacial score (nSPS) is 25.1. The molecule has 21 heavy (non-hydrogen) atoms. The van der Waals surface area contributed by atoms with Gasteiger partial charge in [-0.05, 0) is 73.1 Å². The summed E-state index contributed by atoms with van der Waals surface area (Å²) in [4.78, 5) is 11.5. The lowest BCUT2D eigenvalue weighted by atomic mass is 9.86. The number of hydrogen-bond donors (Lipinski definition) is 0. The Morgan fingerprint density at radius 3 is 2.67 bits per heavy atom. The van der Waals surface area contributed by atoms with E-state index in [4.69, 9.17) is 16.3 Å². The van der Waals surface area contributed by atoms with Crippen molar-refractivity contribution in [3.05, 3.63) is 33.8 Å². The van der Waals surface area contributed by atoms with Gasteiger partial charge in [-0.3, -0.25) is 4.79 Å². The fraction of sp³-hybridized carbons (Fsp3) is 0.611. The number of ether oxygens (including phenoxy) is 1. The average Bonchev–Trinajstić information content (AvgIpc) is 3.24.